The van der Waals surface area contributed by atoms with Crippen LogP contribution in [0.5, 0.6) is 5.75 Å². The zero-order chi connectivity index (χ0) is 12.6. The molecule has 0 radical (unpaired) electrons. The molecule has 1 heterocycles. The molecule has 0 saturated carbocycles. The molecule has 0 aliphatic carbocycles. The first-order valence-corrected chi connectivity index (χ1v) is 4.67. The average molecular weight is 234 g/mol. The van der Waals surface area contributed by atoms with Crippen LogP contribution in [0.25, 0.3) is 5.69 Å². The fourth-order valence-corrected chi connectivity index (χ4v) is 1.46. The molecule has 2 rings (SSSR count). The molecule has 0 spiro atoms. The van der Waals surface area contributed by atoms with Crippen LogP contribution in [-0.2, 0) is 0 Å². The molecule has 7 heteroatoms. The predicted molar refractivity (Wildman–Crippen MR) is 61.0 cm³/mol. The van der Waals surface area contributed by atoms with Crippen molar-refractivity contribution in [3.8, 4) is 11.4 Å². The first-order valence-electron chi connectivity index (χ1n) is 4.67. The molecule has 0 saturated heterocycles. The number of hydrogen-bond donors (Lipinski definition) is 4. The van der Waals surface area contributed by atoms with Crippen LogP contribution in [0.1, 0.15) is 10.4 Å². The van der Waals surface area contributed by atoms with Crippen molar-refractivity contribution in [3.05, 3.63) is 29.8 Å². The van der Waals surface area contributed by atoms with Crippen LogP contribution in [0.4, 0.5) is 11.6 Å². The van der Waals surface area contributed by atoms with E-state index < -0.39 is 5.97 Å². The summed E-state index contributed by atoms with van der Waals surface area (Å²) in [7, 11) is 0. The quantitative estimate of drug-likeness (QED) is 0.597. The summed E-state index contributed by atoms with van der Waals surface area (Å²) in [6.07, 6.45) is 0. The number of aromatic nitrogens is 2. The van der Waals surface area contributed by atoms with Crippen molar-refractivity contribution in [1.29, 1.82) is 0 Å². The molecule has 1 aromatic heterocycles. The van der Waals surface area contributed by atoms with E-state index in [2.05, 4.69) is 5.10 Å². The van der Waals surface area contributed by atoms with Crippen molar-refractivity contribution < 1.29 is 15.0 Å². The van der Waals surface area contributed by atoms with Gasteiger partial charge >= 0.3 is 5.97 Å². The number of nitrogens with two attached hydrogens (primary N) is 2. The van der Waals surface area contributed by atoms with E-state index in [0.29, 0.717) is 5.69 Å². The fourth-order valence-electron chi connectivity index (χ4n) is 1.46. The highest BCUT2D eigenvalue weighted by atomic mass is 16.4. The zero-order valence-electron chi connectivity index (χ0n) is 8.66. The molecule has 0 aliphatic rings. The van der Waals surface area contributed by atoms with Crippen molar-refractivity contribution in [1.82, 2.24) is 9.78 Å². The van der Waals surface area contributed by atoms with E-state index in [9.17, 15) is 4.79 Å². The number of anilines is 2. The third-order valence-corrected chi connectivity index (χ3v) is 2.26. The minimum absolute atomic E-state index is 0.0549. The van der Waals surface area contributed by atoms with E-state index >= 15 is 0 Å². The number of benzene rings is 1. The third kappa shape index (κ3) is 1.73. The zero-order valence-corrected chi connectivity index (χ0v) is 8.66. The van der Waals surface area contributed by atoms with Gasteiger partial charge in [0, 0.05) is 0 Å². The maximum atomic E-state index is 10.9. The lowest BCUT2D eigenvalue weighted by atomic mass is 10.3. The highest BCUT2D eigenvalue weighted by Gasteiger charge is 2.20. The molecule has 2 aromatic rings. The molecule has 88 valence electrons. The van der Waals surface area contributed by atoms with Gasteiger partial charge in [-0.15, -0.1) is 5.10 Å². The number of aromatic hydroxyl groups is 1. The first-order chi connectivity index (χ1) is 8.00. The minimum Gasteiger partial charge on any atom is -0.508 e. The van der Waals surface area contributed by atoms with Crippen molar-refractivity contribution in [3.63, 3.8) is 0 Å². The molecule has 0 amide bonds. The summed E-state index contributed by atoms with van der Waals surface area (Å²) >= 11 is 0. The van der Waals surface area contributed by atoms with Crippen LogP contribution in [0, 0.1) is 0 Å². The minimum atomic E-state index is -1.23. The molecule has 0 unspecified atom stereocenters. The first kappa shape index (κ1) is 10.8. The molecule has 6 N–H and O–H groups in total. The fraction of sp³-hybridized carbons (Fsp3) is 0. The Labute approximate surface area is 95.9 Å². The van der Waals surface area contributed by atoms with E-state index in [1.807, 2.05) is 0 Å². The van der Waals surface area contributed by atoms with Crippen molar-refractivity contribution >= 4 is 17.6 Å². The van der Waals surface area contributed by atoms with Crippen LogP contribution in [0.15, 0.2) is 24.3 Å². The Bertz CT molecular complexity index is 574. The monoisotopic (exact) mass is 234 g/mol. The van der Waals surface area contributed by atoms with E-state index in [-0.39, 0.29) is 22.9 Å². The molecule has 1 aromatic carbocycles. The van der Waals surface area contributed by atoms with Crippen LogP contribution < -0.4 is 11.5 Å². The van der Waals surface area contributed by atoms with Gasteiger partial charge in [0.1, 0.15) is 17.1 Å². The topological polar surface area (TPSA) is 127 Å². The second-order valence-corrected chi connectivity index (χ2v) is 3.38. The van der Waals surface area contributed by atoms with Gasteiger partial charge in [0.15, 0.2) is 5.82 Å². The summed E-state index contributed by atoms with van der Waals surface area (Å²) in [6.45, 7) is 0. The Hall–Kier alpha value is -2.70. The van der Waals surface area contributed by atoms with E-state index in [1.165, 1.54) is 16.8 Å². The number of carboxylic acid groups (broad SMARTS) is 1. The van der Waals surface area contributed by atoms with Gasteiger partial charge in [0.2, 0.25) is 0 Å². The summed E-state index contributed by atoms with van der Waals surface area (Å²) in [5.41, 5.74) is 11.4. The lowest BCUT2D eigenvalue weighted by molar-refractivity contribution is 0.0699. The highest BCUT2D eigenvalue weighted by Crippen LogP contribution is 2.23. The number of nitrogen functional groups attached to an aromatic ring is 2. The number of carbonyl (C=O) groups is 1. The van der Waals surface area contributed by atoms with Gasteiger partial charge in [-0.05, 0) is 24.3 Å². The summed E-state index contributed by atoms with van der Waals surface area (Å²) < 4.78 is 1.21. The highest BCUT2D eigenvalue weighted by molar-refractivity contribution is 5.98. The van der Waals surface area contributed by atoms with Gasteiger partial charge in [-0.2, -0.15) is 0 Å². The van der Waals surface area contributed by atoms with Crippen LogP contribution in [-0.4, -0.2) is 26.0 Å². The predicted octanol–water partition coefficient (Wildman–Crippen LogP) is 0.440. The lowest BCUT2D eigenvalue weighted by Gasteiger charge is -2.03. The second kappa shape index (κ2) is 3.71. The summed E-state index contributed by atoms with van der Waals surface area (Å²) in [5, 5.41) is 21.9. The number of phenols is 1. The SMILES string of the molecule is Nc1nn(-c2ccc(O)cc2)c(N)c1C(=O)O. The van der Waals surface area contributed by atoms with Gasteiger partial charge in [0.25, 0.3) is 0 Å². The number of rotatable bonds is 2. The number of carboxylic acids is 1. The summed E-state index contributed by atoms with van der Waals surface area (Å²) in [5.74, 6) is -1.35. The Morgan fingerprint density at radius 1 is 1.24 bits per heavy atom. The van der Waals surface area contributed by atoms with Crippen molar-refractivity contribution in [2.75, 3.05) is 11.5 Å². The Morgan fingerprint density at radius 2 is 1.82 bits per heavy atom. The Balaban J connectivity index is 2.57. The number of phenolic OH excluding ortho intramolecular Hbond substituents is 1. The number of hydrogen-bond acceptors (Lipinski definition) is 5. The molecule has 17 heavy (non-hydrogen) atoms. The van der Waals surface area contributed by atoms with Gasteiger partial charge in [-0.25, -0.2) is 9.48 Å². The molecule has 0 bridgehead atoms. The number of aromatic carboxylic acids is 1. The molecular formula is C10H10N4O3. The van der Waals surface area contributed by atoms with Crippen LogP contribution in [0.3, 0.4) is 0 Å². The standard InChI is InChI=1S/C10H10N4O3/c11-8-7(10(16)17)9(12)14(13-8)5-1-3-6(15)4-2-5/h1-4,15H,12H2,(H2,11,13)(H,16,17). The number of nitrogens with zero attached hydrogens (tertiary/aromatic N) is 2. The summed E-state index contributed by atoms with van der Waals surface area (Å²) in [6, 6.07) is 5.97. The molecule has 0 atom stereocenters. The molecular weight excluding hydrogens is 224 g/mol. The molecule has 7 nitrogen and oxygen atoms in total. The van der Waals surface area contributed by atoms with E-state index in [1.54, 1.807) is 12.1 Å². The van der Waals surface area contributed by atoms with Gasteiger partial charge < -0.3 is 21.7 Å². The largest absolute Gasteiger partial charge is 0.508 e. The Morgan fingerprint density at radius 3 is 2.29 bits per heavy atom. The molecule has 0 aliphatic heterocycles. The smallest absolute Gasteiger partial charge is 0.343 e. The maximum Gasteiger partial charge on any atom is 0.343 e. The van der Waals surface area contributed by atoms with Crippen LogP contribution in [0.2, 0.25) is 0 Å². The van der Waals surface area contributed by atoms with Crippen molar-refractivity contribution in [2.45, 2.75) is 0 Å². The van der Waals surface area contributed by atoms with Gasteiger partial charge in [-0.3, -0.25) is 0 Å². The van der Waals surface area contributed by atoms with Crippen molar-refractivity contribution in [2.24, 2.45) is 0 Å². The third-order valence-electron chi connectivity index (χ3n) is 2.26. The van der Waals surface area contributed by atoms with E-state index in [0.717, 1.165) is 0 Å². The van der Waals surface area contributed by atoms with Gasteiger partial charge in [0.05, 0.1) is 5.69 Å². The summed E-state index contributed by atoms with van der Waals surface area (Å²) in [4.78, 5) is 10.9. The average Bonchev–Trinajstić information content (AvgIpc) is 2.55. The second-order valence-electron chi connectivity index (χ2n) is 3.38. The normalized spacial score (nSPS) is 10.4. The lowest BCUT2D eigenvalue weighted by Crippen LogP contribution is -2.05. The maximum absolute atomic E-state index is 10.9. The Kier molecular flexibility index (Phi) is 2.36. The van der Waals surface area contributed by atoms with Gasteiger partial charge in [-0.1, -0.05) is 0 Å². The molecule has 0 fully saturated rings. The van der Waals surface area contributed by atoms with Crippen LogP contribution >= 0.6 is 0 Å². The van der Waals surface area contributed by atoms with E-state index in [4.69, 9.17) is 21.7 Å².